The summed E-state index contributed by atoms with van der Waals surface area (Å²) in [4.78, 5) is 11.6. The van der Waals surface area contributed by atoms with Gasteiger partial charge in [-0.15, -0.1) is 0 Å². The largest absolute Gasteiger partial charge is 0.379 e. The van der Waals surface area contributed by atoms with E-state index < -0.39 is 17.2 Å². The summed E-state index contributed by atoms with van der Waals surface area (Å²) in [6.07, 6.45) is 0.283. The number of Topliss-reactive ketones (excluding diaryl/α,β-unsaturated/α-hetero) is 1. The third-order valence-electron chi connectivity index (χ3n) is 2.44. The second-order valence-corrected chi connectivity index (χ2v) is 4.42. The van der Waals surface area contributed by atoms with Gasteiger partial charge in [0.1, 0.15) is 0 Å². The van der Waals surface area contributed by atoms with E-state index in [0.29, 0.717) is 5.69 Å². The van der Waals surface area contributed by atoms with E-state index in [1.165, 1.54) is 0 Å². The molecule has 1 heterocycles. The molecule has 2 rings (SSSR count). The van der Waals surface area contributed by atoms with Crippen molar-refractivity contribution in [3.8, 4) is 0 Å². The highest BCUT2D eigenvalue weighted by Crippen LogP contribution is 2.31. The predicted molar refractivity (Wildman–Crippen MR) is 53.0 cm³/mol. The molecule has 0 aromatic heterocycles. The summed E-state index contributed by atoms with van der Waals surface area (Å²) in [5, 5.41) is 3.01. The van der Waals surface area contributed by atoms with Crippen molar-refractivity contribution in [2.45, 2.75) is 25.8 Å². The topological polar surface area (TPSA) is 29.1 Å². The lowest BCUT2D eigenvalue weighted by Crippen LogP contribution is -2.38. The normalized spacial score (nSPS) is 18.3. The molecule has 80 valence electrons. The first-order chi connectivity index (χ1) is 6.89. The maximum atomic E-state index is 13.0. The SMILES string of the molecule is CC1(C)CC(=O)c2cc(F)c(F)cc2N1. The Balaban J connectivity index is 2.56. The van der Waals surface area contributed by atoms with Crippen LogP contribution >= 0.6 is 0 Å². The van der Waals surface area contributed by atoms with Crippen LogP contribution in [0.2, 0.25) is 0 Å². The zero-order valence-corrected chi connectivity index (χ0v) is 8.53. The second-order valence-electron chi connectivity index (χ2n) is 4.42. The highest BCUT2D eigenvalue weighted by molar-refractivity contribution is 6.03. The van der Waals surface area contributed by atoms with E-state index in [2.05, 4.69) is 5.32 Å². The van der Waals surface area contributed by atoms with Crippen LogP contribution in [0.3, 0.4) is 0 Å². The summed E-state index contributed by atoms with van der Waals surface area (Å²) in [6, 6.07) is 1.98. The number of nitrogens with one attached hydrogen (secondary N) is 1. The number of rotatable bonds is 0. The lowest BCUT2D eigenvalue weighted by atomic mass is 9.88. The second kappa shape index (κ2) is 3.02. The van der Waals surface area contributed by atoms with Gasteiger partial charge in [-0.2, -0.15) is 0 Å². The fourth-order valence-electron chi connectivity index (χ4n) is 1.79. The Kier molecular flexibility index (Phi) is 2.03. The third kappa shape index (κ3) is 1.71. The molecule has 0 aliphatic carbocycles. The van der Waals surface area contributed by atoms with Gasteiger partial charge in [0.05, 0.1) is 0 Å². The molecule has 0 saturated carbocycles. The van der Waals surface area contributed by atoms with Crippen LogP contribution in [0.5, 0.6) is 0 Å². The zero-order chi connectivity index (χ0) is 11.2. The first-order valence-electron chi connectivity index (χ1n) is 4.69. The maximum Gasteiger partial charge on any atom is 0.167 e. The number of hydrogen-bond donors (Lipinski definition) is 1. The lowest BCUT2D eigenvalue weighted by molar-refractivity contribution is 0.0958. The summed E-state index contributed by atoms with van der Waals surface area (Å²) in [5.74, 6) is -2.08. The Morgan fingerprint density at radius 1 is 1.27 bits per heavy atom. The van der Waals surface area contributed by atoms with Crippen molar-refractivity contribution in [2.75, 3.05) is 5.32 Å². The average Bonchev–Trinajstić information content (AvgIpc) is 2.07. The number of halogens is 2. The van der Waals surface area contributed by atoms with Crippen molar-refractivity contribution in [1.29, 1.82) is 0 Å². The molecular formula is C11H11F2NO. The summed E-state index contributed by atoms with van der Waals surface area (Å²) >= 11 is 0. The van der Waals surface area contributed by atoms with Crippen LogP contribution in [-0.4, -0.2) is 11.3 Å². The molecule has 0 fully saturated rings. The fourth-order valence-corrected chi connectivity index (χ4v) is 1.79. The Morgan fingerprint density at radius 2 is 1.87 bits per heavy atom. The minimum absolute atomic E-state index is 0.160. The van der Waals surface area contributed by atoms with Crippen molar-refractivity contribution >= 4 is 11.5 Å². The van der Waals surface area contributed by atoms with Gasteiger partial charge < -0.3 is 5.32 Å². The Labute approximate surface area is 86.3 Å². The molecule has 15 heavy (non-hydrogen) atoms. The minimum Gasteiger partial charge on any atom is -0.379 e. The van der Waals surface area contributed by atoms with Crippen LogP contribution in [0.15, 0.2) is 12.1 Å². The molecule has 1 aromatic rings. The van der Waals surface area contributed by atoms with Gasteiger partial charge in [0, 0.05) is 29.3 Å². The highest BCUT2D eigenvalue weighted by atomic mass is 19.2. The number of hydrogen-bond acceptors (Lipinski definition) is 2. The van der Waals surface area contributed by atoms with Crippen LogP contribution in [0.1, 0.15) is 30.6 Å². The lowest BCUT2D eigenvalue weighted by Gasteiger charge is -2.32. The molecule has 1 aliphatic rings. The molecule has 1 aliphatic heterocycles. The van der Waals surface area contributed by atoms with E-state index in [4.69, 9.17) is 0 Å². The molecular weight excluding hydrogens is 200 g/mol. The number of fused-ring (bicyclic) bond motifs is 1. The Bertz CT molecular complexity index is 440. The Hall–Kier alpha value is -1.45. The van der Waals surface area contributed by atoms with E-state index in [-0.39, 0.29) is 17.8 Å². The summed E-state index contributed by atoms with van der Waals surface area (Å²) < 4.78 is 25.9. The van der Waals surface area contributed by atoms with E-state index in [9.17, 15) is 13.6 Å². The van der Waals surface area contributed by atoms with Gasteiger partial charge in [0.25, 0.3) is 0 Å². The minimum atomic E-state index is -0.983. The molecule has 0 radical (unpaired) electrons. The van der Waals surface area contributed by atoms with Crippen molar-refractivity contribution in [3.05, 3.63) is 29.3 Å². The van der Waals surface area contributed by atoms with Crippen molar-refractivity contribution in [1.82, 2.24) is 0 Å². The summed E-state index contributed by atoms with van der Waals surface area (Å²) in [6.45, 7) is 3.68. The average molecular weight is 211 g/mol. The van der Waals surface area contributed by atoms with Crippen LogP contribution in [0, 0.1) is 11.6 Å². The standard InChI is InChI=1S/C11H11F2NO/c1-11(2)5-10(15)6-3-7(12)8(13)4-9(6)14-11/h3-4,14H,5H2,1-2H3. The van der Waals surface area contributed by atoms with Crippen molar-refractivity contribution in [2.24, 2.45) is 0 Å². The van der Waals surface area contributed by atoms with E-state index in [0.717, 1.165) is 12.1 Å². The molecule has 2 nitrogen and oxygen atoms in total. The summed E-state index contributed by atoms with van der Waals surface area (Å²) in [5.41, 5.74) is 0.192. The van der Waals surface area contributed by atoms with Gasteiger partial charge in [0.2, 0.25) is 0 Å². The van der Waals surface area contributed by atoms with E-state index in [1.807, 2.05) is 13.8 Å². The van der Waals surface area contributed by atoms with Gasteiger partial charge >= 0.3 is 0 Å². The van der Waals surface area contributed by atoms with Gasteiger partial charge in [0.15, 0.2) is 17.4 Å². The molecule has 4 heteroatoms. The maximum absolute atomic E-state index is 13.0. The van der Waals surface area contributed by atoms with Crippen LogP contribution in [-0.2, 0) is 0 Å². The monoisotopic (exact) mass is 211 g/mol. The first-order valence-corrected chi connectivity index (χ1v) is 4.69. The Morgan fingerprint density at radius 3 is 2.53 bits per heavy atom. The first kappa shape index (κ1) is 10.1. The number of carbonyl (C=O) groups excluding carboxylic acids is 1. The summed E-state index contributed by atoms with van der Waals surface area (Å²) in [7, 11) is 0. The molecule has 0 spiro atoms. The smallest absolute Gasteiger partial charge is 0.167 e. The number of anilines is 1. The van der Waals surface area contributed by atoms with E-state index in [1.54, 1.807) is 0 Å². The fraction of sp³-hybridized carbons (Fsp3) is 0.364. The van der Waals surface area contributed by atoms with Gasteiger partial charge in [-0.25, -0.2) is 8.78 Å². The molecule has 1 aromatic carbocycles. The van der Waals surface area contributed by atoms with Gasteiger partial charge in [-0.1, -0.05) is 0 Å². The third-order valence-corrected chi connectivity index (χ3v) is 2.44. The van der Waals surface area contributed by atoms with Gasteiger partial charge in [-0.3, -0.25) is 4.79 Å². The zero-order valence-electron chi connectivity index (χ0n) is 8.53. The predicted octanol–water partition coefficient (Wildman–Crippen LogP) is 2.74. The van der Waals surface area contributed by atoms with Crippen LogP contribution < -0.4 is 5.32 Å². The quantitative estimate of drug-likeness (QED) is 0.714. The molecule has 0 amide bonds. The number of benzene rings is 1. The van der Waals surface area contributed by atoms with Crippen molar-refractivity contribution < 1.29 is 13.6 Å². The molecule has 0 unspecified atom stereocenters. The molecule has 0 bridgehead atoms. The van der Waals surface area contributed by atoms with Crippen LogP contribution in [0.4, 0.5) is 14.5 Å². The molecule has 0 saturated heterocycles. The molecule has 1 N–H and O–H groups in total. The van der Waals surface area contributed by atoms with Gasteiger partial charge in [-0.05, 0) is 19.9 Å². The van der Waals surface area contributed by atoms with Crippen LogP contribution in [0.25, 0.3) is 0 Å². The number of ketones is 1. The highest BCUT2D eigenvalue weighted by Gasteiger charge is 2.31. The molecule has 0 atom stereocenters. The van der Waals surface area contributed by atoms with E-state index >= 15 is 0 Å². The van der Waals surface area contributed by atoms with Crippen molar-refractivity contribution in [3.63, 3.8) is 0 Å². The number of carbonyl (C=O) groups is 1.